The first-order valence-electron chi connectivity index (χ1n) is 19.6. The predicted molar refractivity (Wildman–Crippen MR) is 207 cm³/mol. The standard InChI is InChI=1S/C45H53N5/c1-5-17-30(18-6-1)38-29-39(47-42(46-38)31-19-7-2-8-20-31)40-34-25-13-15-27-36(34)41(37-28-16-14-26-35(37)40)45-49-43(32-21-9-3-10-22-32)48-44(50-45)33-23-11-4-12-24-33/h1-7,9-11,13-14,17-19,21,25-26,29,32-34,36,39-44,46-48H,8,12,15-16,20,22-24,27-28H2,(H,49,50). The third-order valence-corrected chi connectivity index (χ3v) is 12.7. The van der Waals surface area contributed by atoms with Crippen molar-refractivity contribution in [3.05, 3.63) is 138 Å². The molecule has 5 heteroatoms. The minimum atomic E-state index is 0.115. The average molecular weight is 664 g/mol. The van der Waals surface area contributed by atoms with E-state index in [-0.39, 0.29) is 24.5 Å². The molecule has 1 aromatic rings. The lowest BCUT2D eigenvalue weighted by atomic mass is 9.57. The molecule has 1 aromatic carbocycles. The number of benzene rings is 1. The summed E-state index contributed by atoms with van der Waals surface area (Å²) in [6.07, 6.45) is 45.1. The van der Waals surface area contributed by atoms with Crippen LogP contribution in [-0.2, 0) is 0 Å². The van der Waals surface area contributed by atoms with E-state index in [1.807, 2.05) is 0 Å². The number of hydrogen-bond donors (Lipinski definition) is 4. The van der Waals surface area contributed by atoms with E-state index in [0.29, 0.717) is 35.5 Å². The molecule has 8 aliphatic rings. The second-order valence-electron chi connectivity index (χ2n) is 15.6. The quantitative estimate of drug-likeness (QED) is 0.231. The summed E-state index contributed by atoms with van der Waals surface area (Å²) in [7, 11) is 0. The van der Waals surface area contributed by atoms with E-state index in [0.717, 1.165) is 51.4 Å². The Kier molecular flexibility index (Phi) is 9.19. The topological polar surface area (TPSA) is 60.5 Å². The molecule has 50 heavy (non-hydrogen) atoms. The molecule has 0 aromatic heterocycles. The maximum absolute atomic E-state index is 5.70. The van der Waals surface area contributed by atoms with Gasteiger partial charge in [-0.15, -0.1) is 0 Å². The summed E-state index contributed by atoms with van der Waals surface area (Å²) < 4.78 is 0. The van der Waals surface area contributed by atoms with E-state index in [9.17, 15) is 0 Å². The van der Waals surface area contributed by atoms with Gasteiger partial charge >= 0.3 is 0 Å². The summed E-state index contributed by atoms with van der Waals surface area (Å²) in [5.74, 6) is 3.89. The summed E-state index contributed by atoms with van der Waals surface area (Å²) in [5.41, 5.74) is 7.18. The van der Waals surface area contributed by atoms with Gasteiger partial charge in [-0.25, -0.2) is 0 Å². The van der Waals surface area contributed by atoms with Crippen LogP contribution in [0.2, 0.25) is 0 Å². The molecule has 2 aliphatic heterocycles. The molecule has 0 amide bonds. The minimum absolute atomic E-state index is 0.115. The van der Waals surface area contributed by atoms with E-state index in [4.69, 9.17) is 4.99 Å². The number of fused-ring (bicyclic) bond motifs is 1. The van der Waals surface area contributed by atoms with E-state index < -0.39 is 0 Å². The number of amidine groups is 1. The van der Waals surface area contributed by atoms with Crippen molar-refractivity contribution in [2.75, 3.05) is 0 Å². The van der Waals surface area contributed by atoms with Gasteiger partial charge in [0, 0.05) is 29.5 Å². The minimum Gasteiger partial charge on any atom is -0.366 e. The molecule has 6 aliphatic carbocycles. The molecule has 258 valence electrons. The van der Waals surface area contributed by atoms with E-state index >= 15 is 0 Å². The van der Waals surface area contributed by atoms with E-state index in [1.54, 1.807) is 11.1 Å². The average Bonchev–Trinajstić information content (AvgIpc) is 3.21. The monoisotopic (exact) mass is 663 g/mol. The Balaban J connectivity index is 1.13. The fourth-order valence-corrected chi connectivity index (χ4v) is 10.2. The molecular weight excluding hydrogens is 611 g/mol. The lowest BCUT2D eigenvalue weighted by Gasteiger charge is -2.51. The molecule has 0 saturated heterocycles. The van der Waals surface area contributed by atoms with Gasteiger partial charge in [-0.2, -0.15) is 0 Å². The number of rotatable bonds is 6. The highest BCUT2D eigenvalue weighted by atomic mass is 15.3. The number of aliphatic imine (C=N–C) groups is 1. The van der Waals surface area contributed by atoms with Crippen molar-refractivity contribution in [1.82, 2.24) is 21.3 Å². The Hall–Kier alpha value is -3.93. The van der Waals surface area contributed by atoms with Crippen molar-refractivity contribution in [2.45, 2.75) is 88.7 Å². The zero-order valence-electron chi connectivity index (χ0n) is 29.3. The molecule has 9 rings (SSSR count). The Morgan fingerprint density at radius 1 is 0.740 bits per heavy atom. The molecule has 2 heterocycles. The lowest BCUT2D eigenvalue weighted by molar-refractivity contribution is 0.186. The van der Waals surface area contributed by atoms with Gasteiger partial charge in [-0.3, -0.25) is 15.6 Å². The van der Waals surface area contributed by atoms with Crippen LogP contribution < -0.4 is 21.3 Å². The van der Waals surface area contributed by atoms with Gasteiger partial charge in [0.25, 0.3) is 0 Å². The maximum atomic E-state index is 5.70. The normalized spacial score (nSPS) is 37.6. The van der Waals surface area contributed by atoms with Crippen molar-refractivity contribution in [1.29, 1.82) is 0 Å². The Bertz CT molecular complexity index is 1730. The molecule has 5 nitrogen and oxygen atoms in total. The highest BCUT2D eigenvalue weighted by Crippen LogP contribution is 2.52. The highest BCUT2D eigenvalue weighted by Gasteiger charge is 2.49. The van der Waals surface area contributed by atoms with Crippen LogP contribution in [0.4, 0.5) is 0 Å². The summed E-state index contributed by atoms with van der Waals surface area (Å²) >= 11 is 0. The van der Waals surface area contributed by atoms with Gasteiger partial charge in [0.15, 0.2) is 0 Å². The van der Waals surface area contributed by atoms with Crippen LogP contribution in [0.5, 0.6) is 0 Å². The SMILES string of the molecule is C1=CCCC(C2NC(c3ccccc3)=CC(C3C4=C(CCC=C4)C(C4=NC(C5CC=CCC5)NC(C5C=CC=CC5)N4)C4CCC=CC43)N2)=C1. The predicted octanol–water partition coefficient (Wildman–Crippen LogP) is 8.40. The van der Waals surface area contributed by atoms with Crippen molar-refractivity contribution < 1.29 is 0 Å². The van der Waals surface area contributed by atoms with Crippen molar-refractivity contribution in [2.24, 2.45) is 40.5 Å². The molecule has 0 bridgehead atoms. The molecule has 0 spiro atoms. The highest BCUT2D eigenvalue weighted by molar-refractivity contribution is 5.89. The van der Waals surface area contributed by atoms with Crippen LogP contribution in [0.15, 0.2) is 137 Å². The number of allylic oxidation sites excluding steroid dienone is 12. The summed E-state index contributed by atoms with van der Waals surface area (Å²) in [6, 6.07) is 11.2. The van der Waals surface area contributed by atoms with Crippen LogP contribution in [0.25, 0.3) is 5.70 Å². The Labute approximate surface area is 299 Å². The van der Waals surface area contributed by atoms with E-state index in [1.165, 1.54) is 35.5 Å². The zero-order valence-corrected chi connectivity index (χ0v) is 29.3. The summed E-state index contributed by atoms with van der Waals surface area (Å²) in [6.45, 7) is 0. The van der Waals surface area contributed by atoms with Crippen LogP contribution in [0, 0.1) is 35.5 Å². The fraction of sp³-hybridized carbons (Fsp3) is 0.444. The van der Waals surface area contributed by atoms with E-state index in [2.05, 4.69) is 137 Å². The van der Waals surface area contributed by atoms with Gasteiger partial charge in [0.1, 0.15) is 12.0 Å². The van der Waals surface area contributed by atoms with Crippen LogP contribution in [-0.4, -0.2) is 30.4 Å². The first-order valence-corrected chi connectivity index (χ1v) is 19.6. The molecule has 4 N–H and O–H groups in total. The third-order valence-electron chi connectivity index (χ3n) is 12.7. The van der Waals surface area contributed by atoms with Crippen molar-refractivity contribution in [3.8, 4) is 0 Å². The summed E-state index contributed by atoms with van der Waals surface area (Å²) in [4.78, 5) is 5.70. The Morgan fingerprint density at radius 3 is 2.50 bits per heavy atom. The smallest absolute Gasteiger partial charge is 0.107 e. The van der Waals surface area contributed by atoms with Crippen molar-refractivity contribution >= 4 is 11.5 Å². The maximum Gasteiger partial charge on any atom is 0.107 e. The third kappa shape index (κ3) is 6.28. The molecule has 0 fully saturated rings. The molecule has 10 atom stereocenters. The fourth-order valence-electron chi connectivity index (χ4n) is 10.2. The number of nitrogens with one attached hydrogen (secondary N) is 4. The van der Waals surface area contributed by atoms with Crippen LogP contribution in [0.3, 0.4) is 0 Å². The first-order chi connectivity index (χ1) is 24.8. The lowest BCUT2D eigenvalue weighted by Crippen LogP contribution is -2.62. The Morgan fingerprint density at radius 2 is 1.66 bits per heavy atom. The second-order valence-corrected chi connectivity index (χ2v) is 15.6. The molecule has 0 saturated carbocycles. The number of nitrogens with zero attached hydrogens (tertiary/aromatic N) is 1. The van der Waals surface area contributed by atoms with Gasteiger partial charge in [0.2, 0.25) is 0 Å². The first kappa shape index (κ1) is 32.0. The largest absolute Gasteiger partial charge is 0.366 e. The zero-order chi connectivity index (χ0) is 33.3. The van der Waals surface area contributed by atoms with Crippen LogP contribution >= 0.6 is 0 Å². The molecule has 10 unspecified atom stereocenters. The molecular formula is C45H53N5. The van der Waals surface area contributed by atoms with Gasteiger partial charge in [-0.1, -0.05) is 115 Å². The van der Waals surface area contributed by atoms with Gasteiger partial charge < -0.3 is 10.6 Å². The number of hydrogen-bond acceptors (Lipinski definition) is 5. The van der Waals surface area contributed by atoms with Gasteiger partial charge in [0.05, 0.1) is 12.3 Å². The molecule has 0 radical (unpaired) electrons. The second kappa shape index (κ2) is 14.4. The van der Waals surface area contributed by atoms with Crippen LogP contribution in [0.1, 0.15) is 69.8 Å². The van der Waals surface area contributed by atoms with Crippen molar-refractivity contribution in [3.63, 3.8) is 0 Å². The van der Waals surface area contributed by atoms with Gasteiger partial charge in [-0.05, 0) is 105 Å². The summed E-state index contributed by atoms with van der Waals surface area (Å²) in [5, 5.41) is 16.2.